The third-order valence-electron chi connectivity index (χ3n) is 3.68. The molecule has 0 atom stereocenters. The van der Waals surface area contributed by atoms with Crippen LogP contribution >= 0.6 is 11.8 Å². The molecule has 7 heteroatoms. The van der Waals surface area contributed by atoms with Crippen LogP contribution in [0.3, 0.4) is 0 Å². The number of aliphatic carboxylic acids is 1. The molecule has 0 spiro atoms. The summed E-state index contributed by atoms with van der Waals surface area (Å²) in [6, 6.07) is 0. The predicted octanol–water partition coefficient (Wildman–Crippen LogP) is 2.06. The number of carbonyl (C=O) groups is 1. The number of thioether (sulfide) groups is 1. The van der Waals surface area contributed by atoms with Gasteiger partial charge in [0.2, 0.25) is 0 Å². The Labute approximate surface area is 129 Å². The Morgan fingerprint density at radius 1 is 1.24 bits per heavy atom. The highest BCUT2D eigenvalue weighted by Crippen LogP contribution is 2.21. The fourth-order valence-corrected chi connectivity index (χ4v) is 3.29. The normalized spacial score (nSPS) is 16.5. The quantitative estimate of drug-likeness (QED) is 0.777. The number of piperidine rings is 1. The monoisotopic (exact) mass is 312 g/mol. The molecule has 0 unspecified atom stereocenters. The van der Waals surface area contributed by atoms with E-state index in [0.29, 0.717) is 0 Å². The van der Waals surface area contributed by atoms with Crippen molar-refractivity contribution in [1.29, 1.82) is 0 Å². The van der Waals surface area contributed by atoms with Gasteiger partial charge in [0.25, 0.3) is 0 Å². The minimum Gasteiger partial charge on any atom is -0.481 e. The molecule has 1 aromatic heterocycles. The minimum atomic E-state index is -0.823. The van der Waals surface area contributed by atoms with Crippen LogP contribution < -0.4 is 0 Å². The van der Waals surface area contributed by atoms with Gasteiger partial charge in [-0.1, -0.05) is 32.0 Å². The number of likely N-dealkylation sites (tertiary alicyclic amines) is 1. The molecule has 0 saturated carbocycles. The van der Waals surface area contributed by atoms with Gasteiger partial charge in [0.15, 0.2) is 5.16 Å². The first-order chi connectivity index (χ1) is 10.1. The van der Waals surface area contributed by atoms with Gasteiger partial charge >= 0.3 is 5.97 Å². The SMILES string of the molecule is CC(C)c1nnc(SCC(=O)O)n1CCN1CCCCC1. The fourth-order valence-electron chi connectivity index (χ4n) is 2.59. The van der Waals surface area contributed by atoms with Crippen LogP contribution in [0.5, 0.6) is 0 Å². The molecule has 0 aliphatic carbocycles. The number of hydrogen-bond donors (Lipinski definition) is 1. The maximum absolute atomic E-state index is 10.7. The molecule has 118 valence electrons. The summed E-state index contributed by atoms with van der Waals surface area (Å²) >= 11 is 1.25. The van der Waals surface area contributed by atoms with Gasteiger partial charge in [-0.2, -0.15) is 0 Å². The van der Waals surface area contributed by atoms with E-state index in [2.05, 4.69) is 33.5 Å². The molecule has 0 amide bonds. The topological polar surface area (TPSA) is 71.2 Å². The summed E-state index contributed by atoms with van der Waals surface area (Å²) in [4.78, 5) is 13.2. The summed E-state index contributed by atoms with van der Waals surface area (Å²) in [6.07, 6.45) is 3.89. The fraction of sp³-hybridized carbons (Fsp3) is 0.786. The Morgan fingerprint density at radius 3 is 2.57 bits per heavy atom. The number of nitrogens with zero attached hydrogens (tertiary/aromatic N) is 4. The van der Waals surface area contributed by atoms with Gasteiger partial charge < -0.3 is 14.6 Å². The molecule has 1 fully saturated rings. The van der Waals surface area contributed by atoms with Gasteiger partial charge in [-0.05, 0) is 25.9 Å². The second-order valence-corrected chi connectivity index (χ2v) is 6.67. The maximum atomic E-state index is 10.7. The first-order valence-corrected chi connectivity index (χ1v) is 8.56. The number of aromatic nitrogens is 3. The van der Waals surface area contributed by atoms with Crippen LogP contribution in [-0.2, 0) is 11.3 Å². The summed E-state index contributed by atoms with van der Waals surface area (Å²) in [5.74, 6) is 0.439. The van der Waals surface area contributed by atoms with Gasteiger partial charge in [-0.3, -0.25) is 4.79 Å². The van der Waals surface area contributed by atoms with Gasteiger partial charge in [-0.15, -0.1) is 10.2 Å². The van der Waals surface area contributed by atoms with E-state index < -0.39 is 5.97 Å². The van der Waals surface area contributed by atoms with Crippen molar-refractivity contribution in [3.8, 4) is 0 Å². The van der Waals surface area contributed by atoms with E-state index >= 15 is 0 Å². The smallest absolute Gasteiger partial charge is 0.313 e. The third kappa shape index (κ3) is 4.71. The molecule has 1 aromatic rings. The lowest BCUT2D eigenvalue weighted by molar-refractivity contribution is -0.133. The Balaban J connectivity index is 2.02. The van der Waals surface area contributed by atoms with Crippen LogP contribution in [-0.4, -0.2) is 56.1 Å². The molecule has 6 nitrogen and oxygen atoms in total. The molecular weight excluding hydrogens is 288 g/mol. The van der Waals surface area contributed by atoms with Gasteiger partial charge in [-0.25, -0.2) is 0 Å². The van der Waals surface area contributed by atoms with Crippen LogP contribution in [0.4, 0.5) is 0 Å². The molecule has 1 aliphatic heterocycles. The Hall–Kier alpha value is -1.08. The number of hydrogen-bond acceptors (Lipinski definition) is 5. The first kappa shape index (κ1) is 16.3. The van der Waals surface area contributed by atoms with Crippen molar-refractivity contribution in [3.63, 3.8) is 0 Å². The minimum absolute atomic E-state index is 0.0277. The Kier molecular flexibility index (Phi) is 6.05. The van der Waals surface area contributed by atoms with Gasteiger partial charge in [0, 0.05) is 19.0 Å². The van der Waals surface area contributed by atoms with Crippen molar-refractivity contribution in [3.05, 3.63) is 5.82 Å². The zero-order valence-corrected chi connectivity index (χ0v) is 13.6. The van der Waals surface area contributed by atoms with Crippen LogP contribution in [0.2, 0.25) is 0 Å². The summed E-state index contributed by atoms with van der Waals surface area (Å²) in [7, 11) is 0. The highest BCUT2D eigenvalue weighted by atomic mass is 32.2. The van der Waals surface area contributed by atoms with Crippen molar-refractivity contribution in [2.45, 2.75) is 50.7 Å². The highest BCUT2D eigenvalue weighted by Gasteiger charge is 2.17. The number of carboxylic acids is 1. The molecule has 0 radical (unpaired) electrons. The van der Waals surface area contributed by atoms with Crippen LogP contribution in [0.15, 0.2) is 5.16 Å². The van der Waals surface area contributed by atoms with Crippen LogP contribution in [0, 0.1) is 0 Å². The molecule has 2 rings (SSSR count). The third-order valence-corrected chi connectivity index (χ3v) is 4.63. The Bertz CT molecular complexity index is 470. The predicted molar refractivity (Wildman–Crippen MR) is 82.8 cm³/mol. The second kappa shape index (κ2) is 7.79. The highest BCUT2D eigenvalue weighted by molar-refractivity contribution is 7.99. The molecule has 1 saturated heterocycles. The maximum Gasteiger partial charge on any atom is 0.313 e. The van der Waals surface area contributed by atoms with E-state index in [9.17, 15) is 4.79 Å². The van der Waals surface area contributed by atoms with Crippen molar-refractivity contribution >= 4 is 17.7 Å². The van der Waals surface area contributed by atoms with Crippen molar-refractivity contribution in [1.82, 2.24) is 19.7 Å². The van der Waals surface area contributed by atoms with Crippen LogP contribution in [0.1, 0.15) is 44.9 Å². The summed E-state index contributed by atoms with van der Waals surface area (Å²) < 4.78 is 2.09. The van der Waals surface area contributed by atoms with Gasteiger partial charge in [0.05, 0.1) is 5.75 Å². The molecule has 21 heavy (non-hydrogen) atoms. The van der Waals surface area contributed by atoms with Crippen LogP contribution in [0.25, 0.3) is 0 Å². The zero-order chi connectivity index (χ0) is 15.2. The summed E-state index contributed by atoms with van der Waals surface area (Å²) in [6.45, 7) is 8.33. The van der Waals surface area contributed by atoms with E-state index in [1.807, 2.05) is 0 Å². The largest absolute Gasteiger partial charge is 0.481 e. The Morgan fingerprint density at radius 2 is 1.95 bits per heavy atom. The van der Waals surface area contributed by atoms with E-state index in [1.54, 1.807) is 0 Å². The standard InChI is InChI=1S/C14H24N4O2S/c1-11(2)13-15-16-14(21-10-12(19)20)18(13)9-8-17-6-4-3-5-7-17/h11H,3-10H2,1-2H3,(H,19,20). The van der Waals surface area contributed by atoms with E-state index in [0.717, 1.165) is 37.2 Å². The molecule has 0 bridgehead atoms. The van der Waals surface area contributed by atoms with E-state index in [-0.39, 0.29) is 11.7 Å². The lowest BCUT2D eigenvalue weighted by Crippen LogP contribution is -2.33. The second-order valence-electron chi connectivity index (χ2n) is 5.73. The van der Waals surface area contributed by atoms with Crippen molar-refractivity contribution < 1.29 is 9.90 Å². The zero-order valence-electron chi connectivity index (χ0n) is 12.8. The summed E-state index contributed by atoms with van der Waals surface area (Å²) in [5, 5.41) is 18.0. The molecule has 1 aliphatic rings. The molecule has 1 N–H and O–H groups in total. The van der Waals surface area contributed by atoms with Crippen molar-refractivity contribution in [2.24, 2.45) is 0 Å². The average molecular weight is 312 g/mol. The molecule has 0 aromatic carbocycles. The lowest BCUT2D eigenvalue weighted by Gasteiger charge is -2.27. The first-order valence-electron chi connectivity index (χ1n) is 7.58. The van der Waals surface area contributed by atoms with E-state index in [1.165, 1.54) is 31.0 Å². The average Bonchev–Trinajstić information content (AvgIpc) is 2.87. The van der Waals surface area contributed by atoms with Crippen molar-refractivity contribution in [2.75, 3.05) is 25.4 Å². The molecular formula is C14H24N4O2S. The lowest BCUT2D eigenvalue weighted by atomic mass is 10.1. The number of carboxylic acid groups (broad SMARTS) is 1. The number of rotatable bonds is 7. The molecule has 2 heterocycles. The van der Waals surface area contributed by atoms with Gasteiger partial charge in [0.1, 0.15) is 5.82 Å². The summed E-state index contributed by atoms with van der Waals surface area (Å²) in [5.41, 5.74) is 0. The van der Waals surface area contributed by atoms with E-state index in [4.69, 9.17) is 5.11 Å².